The van der Waals surface area contributed by atoms with Gasteiger partial charge in [-0.3, -0.25) is 4.79 Å². The summed E-state index contributed by atoms with van der Waals surface area (Å²) in [5.74, 6) is 0.742. The molecule has 18 heavy (non-hydrogen) atoms. The van der Waals surface area contributed by atoms with Crippen molar-refractivity contribution >= 4 is 5.91 Å². The summed E-state index contributed by atoms with van der Waals surface area (Å²) in [5, 5.41) is 0. The van der Waals surface area contributed by atoms with Crippen LogP contribution in [0, 0.1) is 0 Å². The number of methoxy groups -OCH3 is 1. The largest absolute Gasteiger partial charge is 0.497 e. The molecule has 0 radical (unpaired) electrons. The normalized spacial score (nSPS) is 23.8. The van der Waals surface area contributed by atoms with Gasteiger partial charge in [-0.1, -0.05) is 6.07 Å². The van der Waals surface area contributed by atoms with Gasteiger partial charge in [0.05, 0.1) is 19.3 Å². The van der Waals surface area contributed by atoms with Crippen molar-refractivity contribution in [2.45, 2.75) is 26.1 Å². The zero-order valence-electron chi connectivity index (χ0n) is 11.1. The number of hydrogen-bond acceptors (Lipinski definition) is 3. The van der Waals surface area contributed by atoms with E-state index in [1.807, 2.05) is 36.9 Å². The van der Waals surface area contributed by atoms with Crippen LogP contribution in [0.1, 0.15) is 24.2 Å². The molecular formula is C14H19NO3. The number of carbonyl (C=O) groups is 1. The van der Waals surface area contributed by atoms with E-state index in [4.69, 9.17) is 9.47 Å². The maximum absolute atomic E-state index is 12.4. The summed E-state index contributed by atoms with van der Waals surface area (Å²) in [7, 11) is 1.60. The van der Waals surface area contributed by atoms with Gasteiger partial charge in [0.2, 0.25) is 0 Å². The van der Waals surface area contributed by atoms with Crippen molar-refractivity contribution in [3.8, 4) is 5.75 Å². The van der Waals surface area contributed by atoms with Gasteiger partial charge in [-0.25, -0.2) is 0 Å². The second kappa shape index (κ2) is 5.40. The number of carbonyl (C=O) groups excluding carboxylic acids is 1. The van der Waals surface area contributed by atoms with E-state index in [2.05, 4.69) is 0 Å². The zero-order chi connectivity index (χ0) is 13.1. The summed E-state index contributed by atoms with van der Waals surface area (Å²) in [6, 6.07) is 7.25. The molecule has 1 aromatic rings. The lowest BCUT2D eigenvalue weighted by atomic mass is 10.1. The molecule has 0 spiro atoms. The quantitative estimate of drug-likeness (QED) is 0.804. The molecule has 4 heteroatoms. The molecule has 1 aliphatic heterocycles. The summed E-state index contributed by atoms with van der Waals surface area (Å²) in [5.41, 5.74) is 0.663. The van der Waals surface area contributed by atoms with Crippen molar-refractivity contribution in [3.63, 3.8) is 0 Å². The van der Waals surface area contributed by atoms with Gasteiger partial charge in [-0.2, -0.15) is 0 Å². The maximum Gasteiger partial charge on any atom is 0.254 e. The van der Waals surface area contributed by atoms with Gasteiger partial charge in [0.25, 0.3) is 5.91 Å². The number of hydrogen-bond donors (Lipinski definition) is 0. The number of benzene rings is 1. The lowest BCUT2D eigenvalue weighted by Crippen LogP contribution is -2.48. The van der Waals surface area contributed by atoms with E-state index in [1.54, 1.807) is 13.2 Å². The van der Waals surface area contributed by atoms with Crippen molar-refractivity contribution in [1.29, 1.82) is 0 Å². The second-order valence-corrected chi connectivity index (χ2v) is 4.70. The highest BCUT2D eigenvalue weighted by molar-refractivity contribution is 5.94. The fraction of sp³-hybridized carbons (Fsp3) is 0.500. The van der Waals surface area contributed by atoms with Crippen molar-refractivity contribution in [1.82, 2.24) is 4.90 Å². The molecule has 0 N–H and O–H groups in total. The van der Waals surface area contributed by atoms with E-state index in [0.29, 0.717) is 24.4 Å². The lowest BCUT2D eigenvalue weighted by Gasteiger charge is -2.35. The first-order valence-electron chi connectivity index (χ1n) is 6.19. The van der Waals surface area contributed by atoms with Crippen LogP contribution in [0.3, 0.4) is 0 Å². The Balaban J connectivity index is 2.14. The van der Waals surface area contributed by atoms with Gasteiger partial charge < -0.3 is 14.4 Å². The molecule has 2 rings (SSSR count). The number of nitrogens with zero attached hydrogens (tertiary/aromatic N) is 1. The predicted molar refractivity (Wildman–Crippen MR) is 68.9 cm³/mol. The molecular weight excluding hydrogens is 230 g/mol. The summed E-state index contributed by atoms with van der Waals surface area (Å²) >= 11 is 0. The lowest BCUT2D eigenvalue weighted by molar-refractivity contribution is -0.0586. The van der Waals surface area contributed by atoms with Crippen LogP contribution in [0.15, 0.2) is 24.3 Å². The molecule has 2 atom stereocenters. The van der Waals surface area contributed by atoms with Crippen molar-refractivity contribution < 1.29 is 14.3 Å². The third kappa shape index (κ3) is 2.82. The Kier molecular flexibility index (Phi) is 3.87. The Hall–Kier alpha value is -1.55. The number of rotatable bonds is 2. The molecule has 0 unspecified atom stereocenters. The Morgan fingerprint density at radius 1 is 1.33 bits per heavy atom. The molecule has 1 aliphatic rings. The van der Waals surface area contributed by atoms with Crippen LogP contribution >= 0.6 is 0 Å². The maximum atomic E-state index is 12.4. The predicted octanol–water partition coefficient (Wildman–Crippen LogP) is 1.94. The molecule has 1 amide bonds. The fourth-order valence-electron chi connectivity index (χ4n) is 2.28. The minimum Gasteiger partial charge on any atom is -0.497 e. The van der Waals surface area contributed by atoms with Crippen LogP contribution in [0.5, 0.6) is 5.75 Å². The topological polar surface area (TPSA) is 38.8 Å². The van der Waals surface area contributed by atoms with E-state index < -0.39 is 0 Å². The highest BCUT2D eigenvalue weighted by Crippen LogP contribution is 2.17. The standard InChI is InChI=1S/C14H19NO3/c1-10-8-15(9-11(2)18-10)14(16)12-5-4-6-13(7-12)17-3/h4-7,10-11H,8-9H2,1-3H3/t10-,11-/m1/s1. The van der Waals surface area contributed by atoms with Gasteiger partial charge in [-0.15, -0.1) is 0 Å². The molecule has 1 heterocycles. The SMILES string of the molecule is COc1cccc(C(=O)N2C[C@@H](C)O[C@H](C)C2)c1. The molecule has 4 nitrogen and oxygen atoms in total. The van der Waals surface area contributed by atoms with Gasteiger partial charge >= 0.3 is 0 Å². The molecule has 0 aromatic heterocycles. The number of amides is 1. The van der Waals surface area contributed by atoms with Gasteiger partial charge in [-0.05, 0) is 32.0 Å². The molecule has 1 aromatic carbocycles. The third-order valence-electron chi connectivity index (χ3n) is 3.02. The molecule has 0 bridgehead atoms. The molecule has 0 saturated carbocycles. The van der Waals surface area contributed by atoms with Crippen LogP contribution in [-0.2, 0) is 4.74 Å². The smallest absolute Gasteiger partial charge is 0.254 e. The first-order chi connectivity index (χ1) is 8.60. The van der Waals surface area contributed by atoms with E-state index in [0.717, 1.165) is 0 Å². The first kappa shape index (κ1) is 12.9. The molecule has 0 aliphatic carbocycles. The summed E-state index contributed by atoms with van der Waals surface area (Å²) in [4.78, 5) is 14.2. The van der Waals surface area contributed by atoms with Gasteiger partial charge in [0.15, 0.2) is 0 Å². The Labute approximate surface area is 107 Å². The van der Waals surface area contributed by atoms with Gasteiger partial charge in [0, 0.05) is 18.7 Å². The average molecular weight is 249 g/mol. The summed E-state index contributed by atoms with van der Waals surface area (Å²) in [6.45, 7) is 5.25. The van der Waals surface area contributed by atoms with E-state index in [9.17, 15) is 4.79 Å². The van der Waals surface area contributed by atoms with Crippen molar-refractivity contribution in [3.05, 3.63) is 29.8 Å². The van der Waals surface area contributed by atoms with Gasteiger partial charge in [0.1, 0.15) is 5.75 Å². The van der Waals surface area contributed by atoms with E-state index >= 15 is 0 Å². The van der Waals surface area contributed by atoms with Crippen molar-refractivity contribution in [2.75, 3.05) is 20.2 Å². The van der Waals surface area contributed by atoms with E-state index in [-0.39, 0.29) is 18.1 Å². The zero-order valence-corrected chi connectivity index (χ0v) is 11.1. The highest BCUT2D eigenvalue weighted by Gasteiger charge is 2.26. The third-order valence-corrected chi connectivity index (χ3v) is 3.02. The summed E-state index contributed by atoms with van der Waals surface area (Å²) in [6.07, 6.45) is 0.173. The highest BCUT2D eigenvalue weighted by atomic mass is 16.5. The minimum absolute atomic E-state index is 0.0379. The number of morpholine rings is 1. The van der Waals surface area contributed by atoms with Crippen LogP contribution in [-0.4, -0.2) is 43.2 Å². The fourth-order valence-corrected chi connectivity index (χ4v) is 2.28. The van der Waals surface area contributed by atoms with Crippen LogP contribution in [0.25, 0.3) is 0 Å². The Bertz CT molecular complexity index is 423. The first-order valence-corrected chi connectivity index (χ1v) is 6.19. The second-order valence-electron chi connectivity index (χ2n) is 4.70. The van der Waals surface area contributed by atoms with Crippen LogP contribution in [0.2, 0.25) is 0 Å². The molecule has 1 saturated heterocycles. The Morgan fingerprint density at radius 2 is 2.00 bits per heavy atom. The monoisotopic (exact) mass is 249 g/mol. The summed E-state index contributed by atoms with van der Waals surface area (Å²) < 4.78 is 10.8. The number of ether oxygens (including phenoxy) is 2. The van der Waals surface area contributed by atoms with Crippen LogP contribution in [0.4, 0.5) is 0 Å². The average Bonchev–Trinajstić information content (AvgIpc) is 2.37. The minimum atomic E-state index is 0.0379. The Morgan fingerprint density at radius 3 is 2.61 bits per heavy atom. The van der Waals surface area contributed by atoms with Crippen molar-refractivity contribution in [2.24, 2.45) is 0 Å². The molecule has 98 valence electrons. The van der Waals surface area contributed by atoms with E-state index in [1.165, 1.54) is 0 Å². The molecule has 1 fully saturated rings. The van der Waals surface area contributed by atoms with Crippen LogP contribution < -0.4 is 4.74 Å².